The van der Waals surface area contributed by atoms with E-state index in [1.807, 2.05) is 12.3 Å². The minimum atomic E-state index is -0.159. The molecule has 6 rings (SSSR count). The average molecular weight is 413 g/mol. The Kier molecular flexibility index (Phi) is 4.33. The molecule has 4 heterocycles. The maximum Gasteiger partial charge on any atom is 0.263 e. The van der Waals surface area contributed by atoms with Crippen molar-refractivity contribution in [3.63, 3.8) is 0 Å². The van der Waals surface area contributed by atoms with E-state index in [4.69, 9.17) is 4.74 Å². The molecule has 156 valence electrons. The van der Waals surface area contributed by atoms with Crippen molar-refractivity contribution in [1.29, 1.82) is 0 Å². The number of carbonyl (C=O) groups is 1. The van der Waals surface area contributed by atoms with Gasteiger partial charge >= 0.3 is 0 Å². The van der Waals surface area contributed by atoms with Crippen LogP contribution in [0.25, 0.3) is 21.9 Å². The monoisotopic (exact) mass is 413 g/mol. The summed E-state index contributed by atoms with van der Waals surface area (Å²) >= 11 is 0. The Balaban J connectivity index is 1.14. The molecular weight excluding hydrogens is 390 g/mol. The molecule has 1 saturated carbocycles. The number of fused-ring (bicyclic) bond motifs is 3. The fourth-order valence-electron chi connectivity index (χ4n) is 4.99. The van der Waals surface area contributed by atoms with Crippen LogP contribution >= 0.6 is 0 Å². The van der Waals surface area contributed by atoms with Crippen molar-refractivity contribution in [2.45, 2.75) is 38.1 Å². The van der Waals surface area contributed by atoms with Crippen LogP contribution in [0.4, 0.5) is 5.82 Å². The number of anilines is 1. The molecule has 2 atom stereocenters. The molecule has 1 amide bonds. The Morgan fingerprint density at radius 3 is 3.10 bits per heavy atom. The molecule has 31 heavy (non-hydrogen) atoms. The third-order valence-electron chi connectivity index (χ3n) is 6.59. The lowest BCUT2D eigenvalue weighted by Gasteiger charge is -2.17. The van der Waals surface area contributed by atoms with E-state index in [0.29, 0.717) is 23.5 Å². The fraction of sp³-hybridized carbons (Fsp3) is 0.333. The molecule has 1 aromatic carbocycles. The topological polar surface area (TPSA) is 81.9 Å². The molecule has 4 aromatic rings. The molecule has 0 bridgehead atoms. The van der Waals surface area contributed by atoms with Crippen LogP contribution < -0.4 is 10.1 Å². The first-order valence-electron chi connectivity index (χ1n) is 10.9. The van der Waals surface area contributed by atoms with Crippen molar-refractivity contribution in [3.8, 4) is 5.75 Å². The molecule has 1 aliphatic carbocycles. The van der Waals surface area contributed by atoms with Crippen LogP contribution in [-0.4, -0.2) is 32.0 Å². The summed E-state index contributed by atoms with van der Waals surface area (Å²) in [4.78, 5) is 24.8. The largest absolute Gasteiger partial charge is 0.480 e. The van der Waals surface area contributed by atoms with Gasteiger partial charge in [-0.1, -0.05) is 12.1 Å². The van der Waals surface area contributed by atoms with Gasteiger partial charge in [-0.15, -0.1) is 0 Å². The van der Waals surface area contributed by atoms with Crippen molar-refractivity contribution in [3.05, 3.63) is 54.6 Å². The van der Waals surface area contributed by atoms with E-state index in [-0.39, 0.29) is 12.5 Å². The summed E-state index contributed by atoms with van der Waals surface area (Å²) in [6.07, 6.45) is 11.5. The highest BCUT2D eigenvalue weighted by atomic mass is 16.5. The lowest BCUT2D eigenvalue weighted by atomic mass is 9.97. The predicted molar refractivity (Wildman–Crippen MR) is 118 cm³/mol. The number of amides is 1. The first-order chi connectivity index (χ1) is 15.2. The second-order valence-electron chi connectivity index (χ2n) is 8.60. The number of nitrogens with one attached hydrogen (secondary N) is 1. The van der Waals surface area contributed by atoms with Crippen molar-refractivity contribution < 1.29 is 9.53 Å². The number of carbonyl (C=O) groups excluding carboxylic acids is 1. The molecule has 1 fully saturated rings. The van der Waals surface area contributed by atoms with Gasteiger partial charge in [0.2, 0.25) is 0 Å². The molecule has 0 radical (unpaired) electrons. The first kappa shape index (κ1) is 18.3. The highest BCUT2D eigenvalue weighted by Gasteiger charge is 2.26. The van der Waals surface area contributed by atoms with Gasteiger partial charge in [-0.3, -0.25) is 4.79 Å². The second-order valence-corrected chi connectivity index (χ2v) is 8.60. The molecule has 0 spiro atoms. The van der Waals surface area contributed by atoms with E-state index < -0.39 is 0 Å². The van der Waals surface area contributed by atoms with Gasteiger partial charge in [-0.25, -0.2) is 15.0 Å². The van der Waals surface area contributed by atoms with E-state index in [1.165, 1.54) is 31.2 Å². The summed E-state index contributed by atoms with van der Waals surface area (Å²) in [6, 6.07) is 11.0. The SMILES string of the molecule is O=C1COc2cc3ccc(CCC4CCC(n5ccc6cncnc65)C4)cc3nc2N1. The van der Waals surface area contributed by atoms with Gasteiger partial charge in [-0.2, -0.15) is 0 Å². The van der Waals surface area contributed by atoms with Crippen molar-refractivity contribution in [2.24, 2.45) is 5.92 Å². The van der Waals surface area contributed by atoms with Crippen LogP contribution in [0, 0.1) is 5.92 Å². The number of hydrogen-bond donors (Lipinski definition) is 1. The third kappa shape index (κ3) is 3.40. The Bertz CT molecular complexity index is 1300. The number of aromatic nitrogens is 4. The van der Waals surface area contributed by atoms with Crippen LogP contribution in [0.15, 0.2) is 49.1 Å². The zero-order valence-electron chi connectivity index (χ0n) is 17.1. The Morgan fingerprint density at radius 2 is 2.13 bits per heavy atom. The molecule has 0 saturated heterocycles. The minimum absolute atomic E-state index is 0.0480. The number of hydrogen-bond acceptors (Lipinski definition) is 5. The number of nitrogens with zero attached hydrogens (tertiary/aromatic N) is 4. The molecule has 7 heteroatoms. The van der Waals surface area contributed by atoms with E-state index >= 15 is 0 Å². The Hall–Kier alpha value is -3.48. The second kappa shape index (κ2) is 7.34. The van der Waals surface area contributed by atoms with Crippen molar-refractivity contribution >= 4 is 33.7 Å². The van der Waals surface area contributed by atoms with Crippen LogP contribution in [-0.2, 0) is 11.2 Å². The third-order valence-corrected chi connectivity index (χ3v) is 6.59. The normalized spacial score (nSPS) is 20.6. The maximum absolute atomic E-state index is 11.6. The number of ether oxygens (including phenoxy) is 1. The van der Waals surface area contributed by atoms with Crippen molar-refractivity contribution in [1.82, 2.24) is 19.5 Å². The minimum Gasteiger partial charge on any atom is -0.480 e. The lowest BCUT2D eigenvalue weighted by molar-refractivity contribution is -0.118. The smallest absolute Gasteiger partial charge is 0.263 e. The van der Waals surface area contributed by atoms with Gasteiger partial charge in [0.1, 0.15) is 12.0 Å². The average Bonchev–Trinajstić information content (AvgIpc) is 3.43. The van der Waals surface area contributed by atoms with E-state index in [2.05, 4.69) is 55.3 Å². The van der Waals surface area contributed by atoms with Crippen LogP contribution in [0.1, 0.15) is 37.3 Å². The van der Waals surface area contributed by atoms with E-state index in [0.717, 1.165) is 28.4 Å². The Morgan fingerprint density at radius 1 is 1.16 bits per heavy atom. The first-order valence-corrected chi connectivity index (χ1v) is 10.9. The van der Waals surface area contributed by atoms with Gasteiger partial charge in [0.25, 0.3) is 5.91 Å². The van der Waals surface area contributed by atoms with Gasteiger partial charge in [0.05, 0.1) is 5.52 Å². The highest BCUT2D eigenvalue weighted by Crippen LogP contribution is 2.38. The molecule has 3 aromatic heterocycles. The number of rotatable bonds is 4. The van der Waals surface area contributed by atoms with Crippen LogP contribution in [0.3, 0.4) is 0 Å². The standard InChI is InChI=1S/C24H23N5O2/c30-22-13-31-21-11-17-5-3-16(10-20(17)27-23(21)28-22)2-1-15-4-6-19(9-15)29-8-7-18-12-25-14-26-24(18)29/h3,5,7-8,10-12,14-15,19H,1-2,4,6,9,13H2,(H,27,28,30). The quantitative estimate of drug-likeness (QED) is 0.540. The fourth-order valence-corrected chi connectivity index (χ4v) is 4.99. The van der Waals surface area contributed by atoms with Gasteiger partial charge in [0, 0.05) is 29.2 Å². The summed E-state index contributed by atoms with van der Waals surface area (Å²) in [5.41, 5.74) is 3.22. The summed E-state index contributed by atoms with van der Waals surface area (Å²) in [6.45, 7) is 0.0480. The van der Waals surface area contributed by atoms with E-state index in [1.54, 1.807) is 6.33 Å². The van der Waals surface area contributed by atoms with Crippen molar-refractivity contribution in [2.75, 3.05) is 11.9 Å². The zero-order valence-corrected chi connectivity index (χ0v) is 17.1. The molecule has 2 aliphatic rings. The molecule has 1 N–H and O–H groups in total. The molecule has 1 aliphatic heterocycles. The number of benzene rings is 1. The summed E-state index contributed by atoms with van der Waals surface area (Å²) in [5.74, 6) is 1.71. The number of aryl methyl sites for hydroxylation is 1. The van der Waals surface area contributed by atoms with Crippen LogP contribution in [0.2, 0.25) is 0 Å². The predicted octanol–water partition coefficient (Wildman–Crippen LogP) is 4.28. The summed E-state index contributed by atoms with van der Waals surface area (Å²) < 4.78 is 7.80. The molecule has 7 nitrogen and oxygen atoms in total. The lowest BCUT2D eigenvalue weighted by Crippen LogP contribution is -2.26. The summed E-state index contributed by atoms with van der Waals surface area (Å²) in [7, 11) is 0. The van der Waals surface area contributed by atoms with E-state index in [9.17, 15) is 4.79 Å². The van der Waals surface area contributed by atoms with Gasteiger partial charge in [-0.05, 0) is 61.8 Å². The molecule has 2 unspecified atom stereocenters. The number of pyridine rings is 1. The van der Waals surface area contributed by atoms with Gasteiger partial charge in [0.15, 0.2) is 18.2 Å². The molecular formula is C24H23N5O2. The highest BCUT2D eigenvalue weighted by molar-refractivity contribution is 5.96. The van der Waals surface area contributed by atoms with Crippen LogP contribution in [0.5, 0.6) is 5.75 Å². The van der Waals surface area contributed by atoms with Gasteiger partial charge < -0.3 is 14.6 Å². The Labute approximate surface area is 179 Å². The maximum atomic E-state index is 11.6. The summed E-state index contributed by atoms with van der Waals surface area (Å²) in [5, 5.41) is 4.93. The zero-order chi connectivity index (χ0) is 20.8.